The summed E-state index contributed by atoms with van der Waals surface area (Å²) in [6, 6.07) is 3.37. The van der Waals surface area contributed by atoms with Crippen LogP contribution in [0, 0.1) is 0 Å². The Kier molecular flexibility index (Phi) is 3.83. The fourth-order valence-corrected chi connectivity index (χ4v) is 1.92. The van der Waals surface area contributed by atoms with Gasteiger partial charge in [0.15, 0.2) is 0 Å². The van der Waals surface area contributed by atoms with Crippen molar-refractivity contribution in [3.05, 3.63) is 34.9 Å². The number of nitrogens with one attached hydrogen (secondary N) is 1. The van der Waals surface area contributed by atoms with Crippen LogP contribution in [-0.4, -0.2) is 26.3 Å². The number of hydrogen-bond donors (Lipinski definition) is 2. The van der Waals surface area contributed by atoms with E-state index >= 15 is 0 Å². The number of aliphatic carboxylic acids is 1. The molecule has 0 atom stereocenters. The van der Waals surface area contributed by atoms with Crippen molar-refractivity contribution < 1.29 is 14.3 Å². The zero-order valence-corrected chi connectivity index (χ0v) is 10.4. The summed E-state index contributed by atoms with van der Waals surface area (Å²) in [5.74, 6) is 0.158. The first-order valence-electron chi connectivity index (χ1n) is 5.26. The number of aromatic nitrogens is 3. The molecule has 94 valence electrons. The van der Waals surface area contributed by atoms with Gasteiger partial charge in [-0.15, -0.1) is 5.10 Å². The Balaban J connectivity index is 2.19. The van der Waals surface area contributed by atoms with Crippen LogP contribution < -0.4 is 0 Å². The number of H-pyrrole nitrogens is 1. The van der Waals surface area contributed by atoms with Crippen molar-refractivity contribution in [1.82, 2.24) is 15.2 Å². The number of nitrogens with zero attached hydrogens (tertiary/aromatic N) is 2. The SMILES string of the molecule is CCc1nc(S/C(=C\c2ccco2)C(=O)O)n[nH]1. The van der Waals surface area contributed by atoms with E-state index in [1.54, 1.807) is 12.1 Å². The van der Waals surface area contributed by atoms with E-state index in [0.29, 0.717) is 10.9 Å². The van der Waals surface area contributed by atoms with Crippen LogP contribution in [0.2, 0.25) is 0 Å². The van der Waals surface area contributed by atoms with E-state index in [0.717, 1.165) is 24.0 Å². The van der Waals surface area contributed by atoms with Crippen LogP contribution in [0.15, 0.2) is 32.9 Å². The van der Waals surface area contributed by atoms with Crippen molar-refractivity contribution in [1.29, 1.82) is 0 Å². The molecule has 0 bridgehead atoms. The molecule has 0 aromatic carbocycles. The van der Waals surface area contributed by atoms with Crippen LogP contribution in [0.5, 0.6) is 0 Å². The molecule has 2 aromatic rings. The minimum atomic E-state index is -1.04. The lowest BCUT2D eigenvalue weighted by Gasteiger charge is -1.96. The zero-order chi connectivity index (χ0) is 13.0. The molecule has 2 N–H and O–H groups in total. The minimum absolute atomic E-state index is 0.103. The molecule has 0 radical (unpaired) electrons. The summed E-state index contributed by atoms with van der Waals surface area (Å²) in [6.45, 7) is 1.94. The van der Waals surface area contributed by atoms with Gasteiger partial charge in [0.25, 0.3) is 0 Å². The Hall–Kier alpha value is -2.02. The van der Waals surface area contributed by atoms with Crippen LogP contribution in [0.1, 0.15) is 18.5 Å². The van der Waals surface area contributed by atoms with Gasteiger partial charge in [-0.05, 0) is 23.9 Å². The van der Waals surface area contributed by atoms with Crippen molar-refractivity contribution in [3.8, 4) is 0 Å². The summed E-state index contributed by atoms with van der Waals surface area (Å²) >= 11 is 0.979. The van der Waals surface area contributed by atoms with Crippen molar-refractivity contribution in [2.24, 2.45) is 0 Å². The van der Waals surface area contributed by atoms with Crippen molar-refractivity contribution in [2.75, 3.05) is 0 Å². The maximum Gasteiger partial charge on any atom is 0.342 e. The number of aromatic amines is 1. The van der Waals surface area contributed by atoms with Crippen molar-refractivity contribution >= 4 is 23.8 Å². The third-order valence-corrected chi connectivity index (χ3v) is 2.95. The molecule has 0 saturated carbocycles. The highest BCUT2D eigenvalue weighted by molar-refractivity contribution is 8.04. The quantitative estimate of drug-likeness (QED) is 0.636. The molecule has 0 unspecified atom stereocenters. The predicted octanol–water partition coefficient (Wildman–Crippen LogP) is 2.18. The molecule has 0 amide bonds. The number of carboxylic acid groups (broad SMARTS) is 1. The molecule has 2 heterocycles. The zero-order valence-electron chi connectivity index (χ0n) is 9.58. The third kappa shape index (κ3) is 3.01. The van der Waals surface area contributed by atoms with Crippen molar-refractivity contribution in [2.45, 2.75) is 18.5 Å². The molecular weight excluding hydrogens is 254 g/mol. The number of furan rings is 1. The van der Waals surface area contributed by atoms with E-state index in [2.05, 4.69) is 15.2 Å². The molecule has 0 aliphatic heterocycles. The largest absolute Gasteiger partial charge is 0.477 e. The van der Waals surface area contributed by atoms with Gasteiger partial charge in [-0.2, -0.15) is 0 Å². The van der Waals surface area contributed by atoms with E-state index in [-0.39, 0.29) is 4.91 Å². The topological polar surface area (TPSA) is 92.0 Å². The highest BCUT2D eigenvalue weighted by Gasteiger charge is 2.13. The third-order valence-electron chi connectivity index (χ3n) is 2.07. The molecule has 0 saturated heterocycles. The van der Waals surface area contributed by atoms with Gasteiger partial charge in [-0.1, -0.05) is 6.92 Å². The van der Waals surface area contributed by atoms with E-state index in [1.165, 1.54) is 12.3 Å². The minimum Gasteiger partial charge on any atom is -0.477 e. The van der Waals surface area contributed by atoms with E-state index in [4.69, 9.17) is 9.52 Å². The molecule has 0 aliphatic carbocycles. The summed E-state index contributed by atoms with van der Waals surface area (Å²) < 4.78 is 5.08. The number of hydrogen-bond acceptors (Lipinski definition) is 5. The average molecular weight is 265 g/mol. The van der Waals surface area contributed by atoms with Crippen LogP contribution in [-0.2, 0) is 11.2 Å². The van der Waals surface area contributed by atoms with Crippen LogP contribution in [0.3, 0.4) is 0 Å². The first-order chi connectivity index (χ1) is 8.69. The fraction of sp³-hybridized carbons (Fsp3) is 0.182. The van der Waals surface area contributed by atoms with Gasteiger partial charge in [-0.3, -0.25) is 5.10 Å². The first kappa shape index (κ1) is 12.4. The molecule has 18 heavy (non-hydrogen) atoms. The molecule has 0 spiro atoms. The Morgan fingerprint density at radius 1 is 1.67 bits per heavy atom. The summed E-state index contributed by atoms with van der Waals surface area (Å²) in [7, 11) is 0. The van der Waals surface area contributed by atoms with Crippen LogP contribution in [0.25, 0.3) is 6.08 Å². The normalized spacial score (nSPS) is 11.7. The van der Waals surface area contributed by atoms with Gasteiger partial charge in [-0.25, -0.2) is 9.78 Å². The molecular formula is C11H11N3O3S. The summed E-state index contributed by atoms with van der Waals surface area (Å²) in [5.41, 5.74) is 0. The van der Waals surface area contributed by atoms with Gasteiger partial charge in [0.05, 0.1) is 6.26 Å². The fourth-order valence-electron chi connectivity index (χ4n) is 1.22. The lowest BCUT2D eigenvalue weighted by molar-refractivity contribution is -0.131. The van der Waals surface area contributed by atoms with Gasteiger partial charge < -0.3 is 9.52 Å². The van der Waals surface area contributed by atoms with Crippen molar-refractivity contribution in [3.63, 3.8) is 0 Å². The molecule has 2 aromatic heterocycles. The second kappa shape index (κ2) is 5.54. The van der Waals surface area contributed by atoms with E-state index < -0.39 is 5.97 Å². The predicted molar refractivity (Wildman–Crippen MR) is 65.9 cm³/mol. The number of carboxylic acids is 1. The second-order valence-corrected chi connectivity index (χ2v) is 4.36. The van der Waals surface area contributed by atoms with Gasteiger partial charge >= 0.3 is 5.97 Å². The summed E-state index contributed by atoms with van der Waals surface area (Å²) in [5, 5.41) is 16.1. The molecule has 2 rings (SSSR count). The monoisotopic (exact) mass is 265 g/mol. The standard InChI is InChI=1S/C11H11N3O3S/c1-2-9-12-11(14-13-9)18-8(10(15)16)6-7-4-3-5-17-7/h3-6H,2H2,1H3,(H,15,16)(H,12,13,14)/b8-6-. The summed E-state index contributed by atoms with van der Waals surface area (Å²) in [6.07, 6.45) is 3.64. The number of rotatable bonds is 5. The van der Waals surface area contributed by atoms with Gasteiger partial charge in [0.1, 0.15) is 16.5 Å². The highest BCUT2D eigenvalue weighted by atomic mass is 32.2. The summed E-state index contributed by atoms with van der Waals surface area (Å²) in [4.78, 5) is 15.4. The number of aryl methyl sites for hydroxylation is 1. The second-order valence-electron chi connectivity index (χ2n) is 3.35. The van der Waals surface area contributed by atoms with Crippen LogP contribution in [0.4, 0.5) is 0 Å². The Morgan fingerprint density at radius 3 is 3.06 bits per heavy atom. The number of thioether (sulfide) groups is 1. The highest BCUT2D eigenvalue weighted by Crippen LogP contribution is 2.25. The number of carbonyl (C=O) groups is 1. The van der Waals surface area contributed by atoms with E-state index in [1.807, 2.05) is 6.92 Å². The maximum atomic E-state index is 11.1. The first-order valence-corrected chi connectivity index (χ1v) is 6.08. The van der Waals surface area contributed by atoms with Gasteiger partial charge in [0.2, 0.25) is 5.16 Å². The lowest BCUT2D eigenvalue weighted by Crippen LogP contribution is -1.97. The smallest absolute Gasteiger partial charge is 0.342 e. The average Bonchev–Trinajstić information content (AvgIpc) is 2.99. The van der Waals surface area contributed by atoms with E-state index in [9.17, 15) is 4.79 Å². The Bertz CT molecular complexity index is 560. The lowest BCUT2D eigenvalue weighted by atomic mass is 10.4. The molecule has 0 aliphatic rings. The Labute approximate surface area is 107 Å². The van der Waals surface area contributed by atoms with Crippen LogP contribution >= 0.6 is 11.8 Å². The molecule has 6 nitrogen and oxygen atoms in total. The Morgan fingerprint density at radius 2 is 2.50 bits per heavy atom. The van der Waals surface area contributed by atoms with Gasteiger partial charge in [0, 0.05) is 12.5 Å². The maximum absolute atomic E-state index is 11.1. The molecule has 7 heteroatoms. The molecule has 0 fully saturated rings.